The van der Waals surface area contributed by atoms with Crippen LogP contribution >= 0.6 is 0 Å². The van der Waals surface area contributed by atoms with Gasteiger partial charge in [0.1, 0.15) is 19.0 Å². The first-order valence-electron chi connectivity index (χ1n) is 11.4. The molecule has 5 rings (SSSR count). The highest BCUT2D eigenvalue weighted by Gasteiger charge is 2.46. The van der Waals surface area contributed by atoms with Crippen molar-refractivity contribution in [2.75, 3.05) is 39.4 Å². The van der Waals surface area contributed by atoms with Gasteiger partial charge in [-0.15, -0.1) is 0 Å². The molecule has 9 heteroatoms. The van der Waals surface area contributed by atoms with Gasteiger partial charge < -0.3 is 14.4 Å². The fourth-order valence-corrected chi connectivity index (χ4v) is 6.60. The van der Waals surface area contributed by atoms with Crippen LogP contribution in [0.3, 0.4) is 0 Å². The molecule has 0 aromatic heterocycles. The van der Waals surface area contributed by atoms with Gasteiger partial charge in [0.25, 0.3) is 0 Å². The number of fused-ring (bicyclic) bond motifs is 1. The second-order valence-corrected chi connectivity index (χ2v) is 10.7. The molecule has 2 aromatic rings. The smallest absolute Gasteiger partial charge is 0.243 e. The summed E-state index contributed by atoms with van der Waals surface area (Å²) in [5.74, 6) is 0.591. The van der Waals surface area contributed by atoms with Crippen LogP contribution in [-0.4, -0.2) is 62.9 Å². The lowest BCUT2D eigenvalue weighted by atomic mass is 9.77. The van der Waals surface area contributed by atoms with Crippen LogP contribution in [0.2, 0.25) is 0 Å². The van der Waals surface area contributed by atoms with Crippen LogP contribution in [0, 0.1) is 5.82 Å². The summed E-state index contributed by atoms with van der Waals surface area (Å²) in [6.45, 7) is 1.85. The number of hydrogen-bond acceptors (Lipinski definition) is 5. The Balaban J connectivity index is 1.32. The van der Waals surface area contributed by atoms with Gasteiger partial charge in [-0.05, 0) is 42.7 Å². The van der Waals surface area contributed by atoms with Crippen molar-refractivity contribution in [2.45, 2.75) is 36.0 Å². The summed E-state index contributed by atoms with van der Waals surface area (Å²) in [5.41, 5.74) is -0.00441. The Hall–Kier alpha value is -2.65. The van der Waals surface area contributed by atoms with Crippen LogP contribution in [0.4, 0.5) is 4.39 Å². The quantitative estimate of drug-likeness (QED) is 0.681. The van der Waals surface area contributed by atoms with Crippen LogP contribution < -0.4 is 9.47 Å². The van der Waals surface area contributed by atoms with Crippen molar-refractivity contribution in [2.24, 2.45) is 0 Å². The third-order valence-corrected chi connectivity index (χ3v) is 8.82. The Morgan fingerprint density at radius 3 is 2.30 bits per heavy atom. The second kappa shape index (κ2) is 8.61. The van der Waals surface area contributed by atoms with Gasteiger partial charge in [-0.2, -0.15) is 4.31 Å². The van der Waals surface area contributed by atoms with Crippen LogP contribution in [-0.2, 0) is 20.2 Å². The zero-order valence-corrected chi connectivity index (χ0v) is 19.2. The van der Waals surface area contributed by atoms with E-state index in [0.29, 0.717) is 50.6 Å². The SMILES string of the molecule is O=C(N1CCN(S(=O)(=O)c2ccc3c(c2)OCCO3)CC1)C1(c2cccc(F)c2)CCCC1. The Labute approximate surface area is 193 Å². The van der Waals surface area contributed by atoms with E-state index in [1.165, 1.54) is 28.6 Å². The zero-order valence-electron chi connectivity index (χ0n) is 18.3. The molecular weight excluding hydrogens is 447 g/mol. The molecule has 0 radical (unpaired) electrons. The van der Waals surface area contributed by atoms with Gasteiger partial charge in [-0.3, -0.25) is 4.79 Å². The molecule has 0 N–H and O–H groups in total. The van der Waals surface area contributed by atoms with Crippen molar-refractivity contribution in [3.05, 3.63) is 53.8 Å². The second-order valence-electron chi connectivity index (χ2n) is 8.80. The average Bonchev–Trinajstić information content (AvgIpc) is 3.35. The molecule has 0 unspecified atom stereocenters. The van der Waals surface area contributed by atoms with E-state index in [1.807, 2.05) is 6.07 Å². The number of rotatable bonds is 4. The Morgan fingerprint density at radius 2 is 1.61 bits per heavy atom. The summed E-state index contributed by atoms with van der Waals surface area (Å²) in [7, 11) is -3.73. The van der Waals surface area contributed by atoms with Gasteiger partial charge in [0.15, 0.2) is 11.5 Å². The summed E-state index contributed by atoms with van der Waals surface area (Å²) in [6, 6.07) is 11.0. The van der Waals surface area contributed by atoms with Gasteiger partial charge in [-0.25, -0.2) is 12.8 Å². The number of halogens is 1. The number of benzene rings is 2. The number of nitrogens with zero attached hydrogens (tertiary/aromatic N) is 2. The number of ether oxygens (including phenoxy) is 2. The van der Waals surface area contributed by atoms with E-state index < -0.39 is 15.4 Å². The van der Waals surface area contributed by atoms with Crippen LogP contribution in [0.25, 0.3) is 0 Å². The predicted molar refractivity (Wildman–Crippen MR) is 119 cm³/mol. The number of carbonyl (C=O) groups is 1. The Kier molecular flexibility index (Phi) is 5.78. The highest BCUT2D eigenvalue weighted by molar-refractivity contribution is 7.89. The van der Waals surface area contributed by atoms with E-state index in [9.17, 15) is 17.6 Å². The van der Waals surface area contributed by atoms with Crippen molar-refractivity contribution in [3.63, 3.8) is 0 Å². The van der Waals surface area contributed by atoms with Gasteiger partial charge >= 0.3 is 0 Å². The topological polar surface area (TPSA) is 76.2 Å². The molecule has 2 aliphatic heterocycles. The van der Waals surface area contributed by atoms with E-state index >= 15 is 0 Å². The molecule has 176 valence electrons. The van der Waals surface area contributed by atoms with Crippen LogP contribution in [0.5, 0.6) is 11.5 Å². The van der Waals surface area contributed by atoms with Gasteiger partial charge in [0, 0.05) is 32.2 Å². The number of hydrogen-bond donors (Lipinski definition) is 0. The summed E-state index contributed by atoms with van der Waals surface area (Å²) < 4.78 is 52.8. The van der Waals surface area contributed by atoms with Crippen molar-refractivity contribution < 1.29 is 27.1 Å². The minimum Gasteiger partial charge on any atom is -0.486 e. The Morgan fingerprint density at radius 1 is 0.909 bits per heavy atom. The number of carbonyl (C=O) groups excluding carboxylic acids is 1. The molecule has 33 heavy (non-hydrogen) atoms. The molecule has 0 spiro atoms. The molecule has 1 aliphatic carbocycles. The third kappa shape index (κ3) is 3.97. The largest absolute Gasteiger partial charge is 0.486 e. The molecule has 1 saturated heterocycles. The van der Waals surface area contributed by atoms with Crippen molar-refractivity contribution >= 4 is 15.9 Å². The normalized spacial score (nSPS) is 20.6. The van der Waals surface area contributed by atoms with Crippen molar-refractivity contribution in [1.82, 2.24) is 9.21 Å². The van der Waals surface area contributed by atoms with Gasteiger partial charge in [-0.1, -0.05) is 25.0 Å². The van der Waals surface area contributed by atoms with Gasteiger partial charge in [0.2, 0.25) is 15.9 Å². The van der Waals surface area contributed by atoms with E-state index in [1.54, 1.807) is 17.0 Å². The summed E-state index contributed by atoms with van der Waals surface area (Å²) in [6.07, 6.45) is 3.21. The van der Waals surface area contributed by atoms with Crippen molar-refractivity contribution in [1.29, 1.82) is 0 Å². The van der Waals surface area contributed by atoms with Crippen LogP contribution in [0.1, 0.15) is 31.2 Å². The maximum atomic E-state index is 13.9. The molecule has 2 fully saturated rings. The van der Waals surface area contributed by atoms with E-state index in [-0.39, 0.29) is 29.7 Å². The first-order chi connectivity index (χ1) is 15.9. The molecule has 1 saturated carbocycles. The highest BCUT2D eigenvalue weighted by atomic mass is 32.2. The lowest BCUT2D eigenvalue weighted by Gasteiger charge is -2.39. The molecular formula is C24H27FN2O5S. The highest BCUT2D eigenvalue weighted by Crippen LogP contribution is 2.43. The molecule has 3 aliphatic rings. The van der Waals surface area contributed by atoms with Crippen LogP contribution in [0.15, 0.2) is 47.4 Å². The standard InChI is InChI=1S/C24H27FN2O5S/c25-19-5-3-4-18(16-19)24(8-1-2-9-24)23(28)26-10-12-27(13-11-26)33(29,30)20-6-7-21-22(17-20)32-15-14-31-21/h3-7,16-17H,1-2,8-15H2. The monoisotopic (exact) mass is 474 g/mol. The summed E-state index contributed by atoms with van der Waals surface area (Å²) in [5, 5.41) is 0. The zero-order chi connectivity index (χ0) is 23.1. The lowest BCUT2D eigenvalue weighted by molar-refractivity contribution is -0.138. The maximum absolute atomic E-state index is 13.9. The van der Waals surface area contributed by atoms with E-state index in [0.717, 1.165) is 18.4 Å². The number of piperazine rings is 1. The minimum absolute atomic E-state index is 0.0259. The first-order valence-corrected chi connectivity index (χ1v) is 12.8. The Bertz CT molecular complexity index is 1160. The van der Waals surface area contributed by atoms with Crippen molar-refractivity contribution in [3.8, 4) is 11.5 Å². The first kappa shape index (κ1) is 22.2. The average molecular weight is 475 g/mol. The fraction of sp³-hybridized carbons (Fsp3) is 0.458. The molecule has 0 atom stereocenters. The molecule has 1 amide bonds. The van der Waals surface area contributed by atoms with E-state index in [4.69, 9.17) is 9.47 Å². The fourth-order valence-electron chi connectivity index (χ4n) is 5.16. The summed E-state index contributed by atoms with van der Waals surface area (Å²) >= 11 is 0. The summed E-state index contributed by atoms with van der Waals surface area (Å²) in [4.78, 5) is 15.5. The molecule has 0 bridgehead atoms. The minimum atomic E-state index is -3.73. The number of amides is 1. The molecule has 2 heterocycles. The molecule has 7 nitrogen and oxygen atoms in total. The predicted octanol–water partition coefficient (Wildman–Crippen LogP) is 2.94. The van der Waals surface area contributed by atoms with Gasteiger partial charge in [0.05, 0.1) is 10.3 Å². The third-order valence-electron chi connectivity index (χ3n) is 6.92. The maximum Gasteiger partial charge on any atom is 0.243 e. The number of sulfonamides is 1. The van der Waals surface area contributed by atoms with E-state index in [2.05, 4.69) is 0 Å². The molecule has 2 aromatic carbocycles. The lowest BCUT2D eigenvalue weighted by Crippen LogP contribution is -2.55.